The Hall–Kier alpha value is -2.36. The molecular weight excluding hydrogens is 236 g/mol. The van der Waals surface area contributed by atoms with E-state index in [1.165, 1.54) is 19.2 Å². The Morgan fingerprint density at radius 1 is 1.67 bits per heavy atom. The first-order chi connectivity index (χ1) is 8.51. The van der Waals surface area contributed by atoms with Crippen molar-refractivity contribution in [2.75, 3.05) is 19.1 Å². The van der Waals surface area contributed by atoms with E-state index >= 15 is 0 Å². The van der Waals surface area contributed by atoms with Crippen LogP contribution in [0.15, 0.2) is 12.1 Å². The molecule has 0 bridgehead atoms. The fourth-order valence-corrected chi connectivity index (χ4v) is 1.42. The molecule has 1 atom stereocenters. The predicted molar refractivity (Wildman–Crippen MR) is 65.5 cm³/mol. The van der Waals surface area contributed by atoms with Crippen molar-refractivity contribution < 1.29 is 9.66 Å². The number of anilines is 1. The molecule has 1 heterocycles. The van der Waals surface area contributed by atoms with Crippen molar-refractivity contribution in [3.63, 3.8) is 0 Å². The molecular formula is C11H14N4O3. The zero-order chi connectivity index (χ0) is 13.7. The average Bonchev–Trinajstić information content (AvgIpc) is 2.37. The second-order valence-corrected chi connectivity index (χ2v) is 3.78. The Labute approximate surface area is 105 Å². The third-order valence-corrected chi connectivity index (χ3v) is 2.62. The van der Waals surface area contributed by atoms with Gasteiger partial charge >= 0.3 is 5.69 Å². The maximum atomic E-state index is 10.9. The van der Waals surface area contributed by atoms with E-state index in [4.69, 9.17) is 10.00 Å². The van der Waals surface area contributed by atoms with Gasteiger partial charge < -0.3 is 9.64 Å². The van der Waals surface area contributed by atoms with E-state index in [1.807, 2.05) is 6.07 Å². The van der Waals surface area contributed by atoms with Gasteiger partial charge in [0, 0.05) is 25.2 Å². The number of nitrogens with zero attached hydrogens (tertiary/aromatic N) is 4. The predicted octanol–water partition coefficient (Wildman–Crippen LogP) is 1.74. The Morgan fingerprint density at radius 3 is 2.83 bits per heavy atom. The normalized spacial score (nSPS) is 11.4. The molecule has 0 saturated heterocycles. The molecule has 1 aromatic rings. The first-order valence-corrected chi connectivity index (χ1v) is 5.30. The number of methoxy groups -OCH3 is 1. The average molecular weight is 250 g/mol. The molecule has 1 unspecified atom stereocenters. The first-order valence-electron chi connectivity index (χ1n) is 5.30. The molecule has 0 radical (unpaired) electrons. The van der Waals surface area contributed by atoms with Gasteiger partial charge in [0.15, 0.2) is 0 Å². The summed E-state index contributed by atoms with van der Waals surface area (Å²) in [4.78, 5) is 16.1. The molecule has 96 valence electrons. The van der Waals surface area contributed by atoms with Crippen LogP contribution < -0.4 is 9.64 Å². The zero-order valence-electron chi connectivity index (χ0n) is 10.5. The largest absolute Gasteiger partial charge is 0.481 e. The number of rotatable bonds is 5. The van der Waals surface area contributed by atoms with Gasteiger partial charge in [-0.05, 0) is 6.92 Å². The van der Waals surface area contributed by atoms with Crippen molar-refractivity contribution >= 4 is 11.5 Å². The monoisotopic (exact) mass is 250 g/mol. The van der Waals surface area contributed by atoms with Gasteiger partial charge in [0.25, 0.3) is 0 Å². The summed E-state index contributed by atoms with van der Waals surface area (Å²) >= 11 is 0. The van der Waals surface area contributed by atoms with Crippen molar-refractivity contribution in [1.29, 1.82) is 5.26 Å². The van der Waals surface area contributed by atoms with Crippen LogP contribution in [0.2, 0.25) is 0 Å². The van der Waals surface area contributed by atoms with Crippen LogP contribution in [0.3, 0.4) is 0 Å². The molecule has 1 aromatic heterocycles. The Kier molecular flexibility index (Phi) is 4.43. The molecule has 1 rings (SSSR count). The summed E-state index contributed by atoms with van der Waals surface area (Å²) in [5.41, 5.74) is -0.108. The second kappa shape index (κ2) is 5.82. The van der Waals surface area contributed by atoms with Crippen molar-refractivity contribution in [1.82, 2.24) is 4.98 Å². The number of nitriles is 1. The molecule has 0 N–H and O–H groups in total. The van der Waals surface area contributed by atoms with Crippen LogP contribution >= 0.6 is 0 Å². The molecule has 0 saturated carbocycles. The van der Waals surface area contributed by atoms with Gasteiger partial charge in [0.1, 0.15) is 0 Å². The molecule has 7 nitrogen and oxygen atoms in total. The van der Waals surface area contributed by atoms with Crippen molar-refractivity contribution in [2.45, 2.75) is 19.4 Å². The standard InChI is InChI=1S/C11H14N4O3/c1-8(6-7-12)14(2)11-9(15(16)17)4-5-10(13-11)18-3/h4-5,8H,6H2,1-3H3. The smallest absolute Gasteiger partial charge is 0.311 e. The van der Waals surface area contributed by atoms with Gasteiger partial charge in [-0.15, -0.1) is 0 Å². The lowest BCUT2D eigenvalue weighted by atomic mass is 10.2. The van der Waals surface area contributed by atoms with Crippen LogP contribution in [-0.4, -0.2) is 30.1 Å². The third kappa shape index (κ3) is 2.85. The molecule has 18 heavy (non-hydrogen) atoms. The van der Waals surface area contributed by atoms with Crippen molar-refractivity contribution in [3.8, 4) is 11.9 Å². The Bertz CT molecular complexity index is 484. The first kappa shape index (κ1) is 13.7. The zero-order valence-corrected chi connectivity index (χ0v) is 10.5. The van der Waals surface area contributed by atoms with Crippen LogP contribution in [-0.2, 0) is 0 Å². The summed E-state index contributed by atoms with van der Waals surface area (Å²) in [6, 6.07) is 4.63. The van der Waals surface area contributed by atoms with E-state index in [1.54, 1.807) is 18.9 Å². The van der Waals surface area contributed by atoms with E-state index in [0.29, 0.717) is 5.88 Å². The van der Waals surface area contributed by atoms with Crippen molar-refractivity contribution in [2.24, 2.45) is 0 Å². The number of ether oxygens (including phenoxy) is 1. The van der Waals surface area contributed by atoms with Gasteiger partial charge in [0.05, 0.1) is 24.5 Å². The fourth-order valence-electron chi connectivity index (χ4n) is 1.42. The third-order valence-electron chi connectivity index (χ3n) is 2.62. The highest BCUT2D eigenvalue weighted by Crippen LogP contribution is 2.29. The van der Waals surface area contributed by atoms with Gasteiger partial charge in [-0.25, -0.2) is 0 Å². The molecule has 0 aliphatic carbocycles. The molecule has 7 heteroatoms. The van der Waals surface area contributed by atoms with E-state index in [0.717, 1.165) is 0 Å². The highest BCUT2D eigenvalue weighted by atomic mass is 16.6. The van der Waals surface area contributed by atoms with Crippen LogP contribution in [0.4, 0.5) is 11.5 Å². The second-order valence-electron chi connectivity index (χ2n) is 3.78. The quantitative estimate of drug-likeness (QED) is 0.583. The summed E-state index contributed by atoms with van der Waals surface area (Å²) < 4.78 is 4.95. The number of pyridine rings is 1. The maximum Gasteiger partial charge on any atom is 0.311 e. The number of aromatic nitrogens is 1. The van der Waals surface area contributed by atoms with Crippen LogP contribution in [0.25, 0.3) is 0 Å². The lowest BCUT2D eigenvalue weighted by Crippen LogP contribution is -2.29. The topological polar surface area (TPSA) is 92.3 Å². The molecule has 0 aromatic carbocycles. The maximum absolute atomic E-state index is 10.9. The molecule has 0 spiro atoms. The van der Waals surface area contributed by atoms with Gasteiger partial charge in [0.2, 0.25) is 11.7 Å². The minimum absolute atomic E-state index is 0.108. The summed E-state index contributed by atoms with van der Waals surface area (Å²) in [6.07, 6.45) is 0.256. The summed E-state index contributed by atoms with van der Waals surface area (Å²) in [5, 5.41) is 19.6. The lowest BCUT2D eigenvalue weighted by molar-refractivity contribution is -0.384. The minimum atomic E-state index is -0.503. The molecule has 0 fully saturated rings. The number of hydrogen-bond acceptors (Lipinski definition) is 6. The summed E-state index contributed by atoms with van der Waals surface area (Å²) in [7, 11) is 3.10. The Balaban J connectivity index is 3.19. The minimum Gasteiger partial charge on any atom is -0.481 e. The highest BCUT2D eigenvalue weighted by Gasteiger charge is 2.22. The van der Waals surface area contributed by atoms with Gasteiger partial charge in [-0.3, -0.25) is 10.1 Å². The van der Waals surface area contributed by atoms with Crippen LogP contribution in [0.1, 0.15) is 13.3 Å². The van der Waals surface area contributed by atoms with E-state index in [-0.39, 0.29) is 24.0 Å². The van der Waals surface area contributed by atoms with E-state index in [9.17, 15) is 10.1 Å². The van der Waals surface area contributed by atoms with Gasteiger partial charge in [-0.1, -0.05) is 0 Å². The highest BCUT2D eigenvalue weighted by molar-refractivity contribution is 5.59. The summed E-state index contributed by atoms with van der Waals surface area (Å²) in [5.74, 6) is 0.494. The van der Waals surface area contributed by atoms with Crippen LogP contribution in [0.5, 0.6) is 5.88 Å². The van der Waals surface area contributed by atoms with Crippen molar-refractivity contribution in [3.05, 3.63) is 22.2 Å². The lowest BCUT2D eigenvalue weighted by Gasteiger charge is -2.23. The number of hydrogen-bond donors (Lipinski definition) is 0. The Morgan fingerprint density at radius 2 is 2.33 bits per heavy atom. The molecule has 0 amide bonds. The van der Waals surface area contributed by atoms with E-state index in [2.05, 4.69) is 4.98 Å². The fraction of sp³-hybridized carbons (Fsp3) is 0.455. The SMILES string of the molecule is COc1ccc([N+](=O)[O-])c(N(C)C(C)CC#N)n1. The van der Waals surface area contributed by atoms with Crippen LogP contribution in [0, 0.1) is 21.4 Å². The summed E-state index contributed by atoms with van der Waals surface area (Å²) in [6.45, 7) is 1.80. The number of nitro groups is 1. The van der Waals surface area contributed by atoms with E-state index < -0.39 is 4.92 Å². The molecule has 0 aliphatic heterocycles. The molecule has 0 aliphatic rings. The van der Waals surface area contributed by atoms with Gasteiger partial charge in [-0.2, -0.15) is 10.2 Å².